The summed E-state index contributed by atoms with van der Waals surface area (Å²) >= 11 is 1.33. The molecule has 0 atom stereocenters. The van der Waals surface area contributed by atoms with Crippen molar-refractivity contribution in [2.75, 3.05) is 11.1 Å². The van der Waals surface area contributed by atoms with Crippen LogP contribution in [0.3, 0.4) is 0 Å². The zero-order chi connectivity index (χ0) is 18.5. The number of benzene rings is 2. The highest BCUT2D eigenvalue weighted by molar-refractivity contribution is 7.99. The van der Waals surface area contributed by atoms with E-state index in [1.807, 2.05) is 55.5 Å². The van der Waals surface area contributed by atoms with E-state index in [-0.39, 0.29) is 17.4 Å². The minimum absolute atomic E-state index is 0.0385. The molecule has 7 heteroatoms. The molecule has 2 aromatic carbocycles. The number of nitrogens with zero attached hydrogens (tertiary/aromatic N) is 3. The molecule has 0 aliphatic rings. The fraction of sp³-hybridized carbons (Fsp3) is 0.158. The second-order valence-electron chi connectivity index (χ2n) is 5.79. The van der Waals surface area contributed by atoms with Crippen LogP contribution < -0.4 is 5.32 Å². The molecule has 0 aliphatic heterocycles. The first-order chi connectivity index (χ1) is 12.5. The number of Topliss-reactive ketones (excluding diaryl/α,β-unsaturated/α-hetero) is 1. The van der Waals surface area contributed by atoms with E-state index in [1.165, 1.54) is 18.7 Å². The van der Waals surface area contributed by atoms with Gasteiger partial charge in [-0.1, -0.05) is 47.7 Å². The van der Waals surface area contributed by atoms with Gasteiger partial charge in [-0.15, -0.1) is 10.2 Å². The zero-order valence-corrected chi connectivity index (χ0v) is 15.3. The highest BCUT2D eigenvalue weighted by atomic mass is 32.2. The average Bonchev–Trinajstić information content (AvgIpc) is 3.08. The second-order valence-corrected chi connectivity index (χ2v) is 6.74. The highest BCUT2D eigenvalue weighted by Gasteiger charge is 2.12. The fourth-order valence-corrected chi connectivity index (χ4v) is 3.21. The summed E-state index contributed by atoms with van der Waals surface area (Å²) in [6, 6.07) is 14.9. The third-order valence-electron chi connectivity index (χ3n) is 3.67. The molecule has 1 amide bonds. The number of ketones is 1. The van der Waals surface area contributed by atoms with Crippen LogP contribution in [0.1, 0.15) is 22.8 Å². The summed E-state index contributed by atoms with van der Waals surface area (Å²) in [5, 5.41) is 11.4. The summed E-state index contributed by atoms with van der Waals surface area (Å²) in [5.41, 5.74) is 3.30. The third kappa shape index (κ3) is 4.37. The van der Waals surface area contributed by atoms with Gasteiger partial charge >= 0.3 is 0 Å². The van der Waals surface area contributed by atoms with Crippen LogP contribution in [0, 0.1) is 6.92 Å². The minimum Gasteiger partial charge on any atom is -0.326 e. The largest absolute Gasteiger partial charge is 0.326 e. The molecule has 0 aliphatic carbocycles. The van der Waals surface area contributed by atoms with Crippen LogP contribution in [0.4, 0.5) is 5.69 Å². The number of carbonyl (C=O) groups excluding carboxylic acids is 2. The standard InChI is InChI=1S/C19H18N4O2S/c1-13-6-8-15(9-7-13)18(25)11-26-19-22-20-12-23(19)17-5-3-4-16(10-17)21-14(2)24/h3-10,12H,11H2,1-2H3,(H,21,24). The number of rotatable bonds is 6. The van der Waals surface area contributed by atoms with Gasteiger partial charge in [0.2, 0.25) is 5.91 Å². The molecule has 0 radical (unpaired) electrons. The quantitative estimate of drug-likeness (QED) is 0.534. The van der Waals surface area contributed by atoms with E-state index in [2.05, 4.69) is 15.5 Å². The number of thioether (sulfide) groups is 1. The maximum Gasteiger partial charge on any atom is 0.221 e. The molecule has 1 aromatic heterocycles. The first-order valence-electron chi connectivity index (χ1n) is 8.03. The smallest absolute Gasteiger partial charge is 0.221 e. The van der Waals surface area contributed by atoms with Gasteiger partial charge < -0.3 is 5.32 Å². The number of hydrogen-bond donors (Lipinski definition) is 1. The molecule has 1 heterocycles. The maximum atomic E-state index is 12.3. The molecule has 0 bridgehead atoms. The third-order valence-corrected chi connectivity index (χ3v) is 4.61. The molecule has 3 rings (SSSR count). The Bertz CT molecular complexity index is 935. The lowest BCUT2D eigenvalue weighted by atomic mass is 10.1. The van der Waals surface area contributed by atoms with Crippen LogP contribution in [0.25, 0.3) is 5.69 Å². The van der Waals surface area contributed by atoms with Gasteiger partial charge in [-0.25, -0.2) is 0 Å². The van der Waals surface area contributed by atoms with Crippen LogP contribution in [0.2, 0.25) is 0 Å². The normalized spacial score (nSPS) is 10.5. The van der Waals surface area contributed by atoms with Crippen molar-refractivity contribution in [2.45, 2.75) is 19.0 Å². The lowest BCUT2D eigenvalue weighted by molar-refractivity contribution is -0.114. The van der Waals surface area contributed by atoms with Crippen molar-refractivity contribution in [1.82, 2.24) is 14.8 Å². The van der Waals surface area contributed by atoms with Crippen molar-refractivity contribution < 1.29 is 9.59 Å². The number of aromatic nitrogens is 3. The first kappa shape index (κ1) is 17.9. The molecule has 0 saturated carbocycles. The van der Waals surface area contributed by atoms with Gasteiger partial charge in [0, 0.05) is 18.2 Å². The number of aryl methyl sites for hydroxylation is 1. The SMILES string of the molecule is CC(=O)Nc1cccc(-n2cnnc2SCC(=O)c2ccc(C)cc2)c1. The lowest BCUT2D eigenvalue weighted by Gasteiger charge is -2.08. The van der Waals surface area contributed by atoms with Gasteiger partial charge in [-0.2, -0.15) is 0 Å². The molecule has 132 valence electrons. The summed E-state index contributed by atoms with van der Waals surface area (Å²) in [6.07, 6.45) is 1.59. The van der Waals surface area contributed by atoms with E-state index in [1.54, 1.807) is 10.9 Å². The van der Waals surface area contributed by atoms with Crippen molar-refractivity contribution in [3.8, 4) is 5.69 Å². The van der Waals surface area contributed by atoms with Crippen LogP contribution >= 0.6 is 11.8 Å². The summed E-state index contributed by atoms with van der Waals surface area (Å²) in [6.45, 7) is 3.45. The second kappa shape index (κ2) is 7.97. The van der Waals surface area contributed by atoms with E-state index in [9.17, 15) is 9.59 Å². The number of carbonyl (C=O) groups is 2. The molecule has 0 unspecified atom stereocenters. The van der Waals surface area contributed by atoms with Crippen molar-refractivity contribution in [3.05, 3.63) is 66.0 Å². The van der Waals surface area contributed by atoms with E-state index in [0.29, 0.717) is 16.4 Å². The molecule has 1 N–H and O–H groups in total. The van der Waals surface area contributed by atoms with Crippen molar-refractivity contribution in [2.24, 2.45) is 0 Å². The summed E-state index contributed by atoms with van der Waals surface area (Å²) in [7, 11) is 0. The monoisotopic (exact) mass is 366 g/mol. The molecular weight excluding hydrogens is 348 g/mol. The molecule has 6 nitrogen and oxygen atoms in total. The van der Waals surface area contributed by atoms with Gasteiger partial charge in [0.1, 0.15) is 6.33 Å². The predicted octanol–water partition coefficient (Wildman–Crippen LogP) is 3.51. The molecule has 0 spiro atoms. The van der Waals surface area contributed by atoms with E-state index < -0.39 is 0 Å². The van der Waals surface area contributed by atoms with Crippen molar-refractivity contribution in [1.29, 1.82) is 0 Å². The van der Waals surface area contributed by atoms with Crippen LogP contribution in [-0.2, 0) is 4.79 Å². The lowest BCUT2D eigenvalue weighted by Crippen LogP contribution is -2.07. The molecule has 0 saturated heterocycles. The Labute approximate surface area is 155 Å². The van der Waals surface area contributed by atoms with E-state index >= 15 is 0 Å². The number of nitrogens with one attached hydrogen (secondary N) is 1. The number of hydrogen-bond acceptors (Lipinski definition) is 5. The highest BCUT2D eigenvalue weighted by Crippen LogP contribution is 2.22. The number of amides is 1. The fourth-order valence-electron chi connectivity index (χ4n) is 2.39. The molecule has 0 fully saturated rings. The van der Waals surface area contributed by atoms with E-state index in [0.717, 1.165) is 11.3 Å². The van der Waals surface area contributed by atoms with E-state index in [4.69, 9.17) is 0 Å². The Morgan fingerprint density at radius 1 is 1.15 bits per heavy atom. The van der Waals surface area contributed by atoms with Gasteiger partial charge in [0.05, 0.1) is 11.4 Å². The molecular formula is C19H18N4O2S. The van der Waals surface area contributed by atoms with Gasteiger partial charge in [0.15, 0.2) is 10.9 Å². The number of anilines is 1. The van der Waals surface area contributed by atoms with Crippen LogP contribution in [0.15, 0.2) is 60.0 Å². The first-order valence-corrected chi connectivity index (χ1v) is 9.02. The maximum absolute atomic E-state index is 12.3. The Hall–Kier alpha value is -2.93. The van der Waals surface area contributed by atoms with Crippen molar-refractivity contribution >= 4 is 29.1 Å². The Kier molecular flexibility index (Phi) is 5.48. The van der Waals surface area contributed by atoms with Crippen LogP contribution in [-0.4, -0.2) is 32.2 Å². The Morgan fingerprint density at radius 2 is 1.92 bits per heavy atom. The predicted molar refractivity (Wildman–Crippen MR) is 102 cm³/mol. The molecule has 26 heavy (non-hydrogen) atoms. The van der Waals surface area contributed by atoms with Crippen molar-refractivity contribution in [3.63, 3.8) is 0 Å². The summed E-state index contributed by atoms with van der Waals surface area (Å²) < 4.78 is 1.79. The van der Waals surface area contributed by atoms with Gasteiger partial charge in [-0.05, 0) is 25.1 Å². The topological polar surface area (TPSA) is 76.9 Å². The van der Waals surface area contributed by atoms with Gasteiger partial charge in [-0.3, -0.25) is 14.2 Å². The zero-order valence-electron chi connectivity index (χ0n) is 14.5. The molecule has 3 aromatic rings. The minimum atomic E-state index is -0.135. The summed E-state index contributed by atoms with van der Waals surface area (Å²) in [4.78, 5) is 23.6. The Balaban J connectivity index is 1.73. The average molecular weight is 366 g/mol. The van der Waals surface area contributed by atoms with Crippen LogP contribution in [0.5, 0.6) is 0 Å². The van der Waals surface area contributed by atoms with Gasteiger partial charge in [0.25, 0.3) is 0 Å². The summed E-state index contributed by atoms with van der Waals surface area (Å²) in [5.74, 6) is 0.174. The Morgan fingerprint density at radius 3 is 2.65 bits per heavy atom.